The van der Waals surface area contributed by atoms with Crippen molar-refractivity contribution < 1.29 is 18.8 Å². The van der Waals surface area contributed by atoms with Crippen LogP contribution >= 0.6 is 11.8 Å². The summed E-state index contributed by atoms with van der Waals surface area (Å²) in [5.41, 5.74) is 1.18. The quantitative estimate of drug-likeness (QED) is 0.467. The van der Waals surface area contributed by atoms with Crippen LogP contribution in [0.1, 0.15) is 23.1 Å². The average Bonchev–Trinajstić information content (AvgIpc) is 3.49. The second kappa shape index (κ2) is 9.67. The summed E-state index contributed by atoms with van der Waals surface area (Å²) in [6.07, 6.45) is 2.64. The van der Waals surface area contributed by atoms with Crippen molar-refractivity contribution in [3.05, 3.63) is 101 Å². The Balaban J connectivity index is 1.44. The fourth-order valence-electron chi connectivity index (χ4n) is 6.38. The van der Waals surface area contributed by atoms with Crippen LogP contribution in [-0.2, 0) is 33.0 Å². The summed E-state index contributed by atoms with van der Waals surface area (Å²) >= 11 is 1.66. The maximum Gasteiger partial charge on any atom is 0.253 e. The van der Waals surface area contributed by atoms with Crippen LogP contribution < -0.4 is 10.2 Å². The van der Waals surface area contributed by atoms with E-state index in [1.807, 2.05) is 60.9 Å². The highest BCUT2D eigenvalue weighted by Crippen LogP contribution is 2.55. The highest BCUT2D eigenvalue weighted by molar-refractivity contribution is 7.98. The minimum absolute atomic E-state index is 0.0364. The van der Waals surface area contributed by atoms with Gasteiger partial charge >= 0.3 is 0 Å². The average molecular weight is 530 g/mol. The van der Waals surface area contributed by atoms with E-state index in [9.17, 15) is 18.8 Å². The molecule has 3 amide bonds. The molecule has 3 aromatic rings. The van der Waals surface area contributed by atoms with E-state index in [1.165, 1.54) is 11.0 Å². The number of carbonyl (C=O) groups excluding carboxylic acids is 3. The van der Waals surface area contributed by atoms with E-state index in [4.69, 9.17) is 0 Å². The molecule has 38 heavy (non-hydrogen) atoms. The normalized spacial score (nSPS) is 25.9. The summed E-state index contributed by atoms with van der Waals surface area (Å²) in [4.78, 5) is 45.2. The molecule has 1 spiro atoms. The maximum atomic E-state index is 14.6. The summed E-state index contributed by atoms with van der Waals surface area (Å²) in [6, 6.07) is 22.8. The highest BCUT2D eigenvalue weighted by Gasteiger charge is 2.71. The monoisotopic (exact) mass is 529 g/mol. The van der Waals surface area contributed by atoms with E-state index in [0.717, 1.165) is 11.3 Å². The lowest BCUT2D eigenvalue weighted by molar-refractivity contribution is -0.143. The molecule has 3 heterocycles. The molecule has 3 aromatic carbocycles. The molecule has 2 fully saturated rings. The number of thioether (sulfide) groups is 1. The summed E-state index contributed by atoms with van der Waals surface area (Å²) in [7, 11) is 0. The van der Waals surface area contributed by atoms with Crippen LogP contribution in [0.4, 0.5) is 10.1 Å². The molecule has 0 aliphatic carbocycles. The molecule has 194 valence electrons. The number of carbonyl (C=O) groups is 3. The number of nitrogens with zero attached hydrogens (tertiary/aromatic N) is 2. The number of nitrogens with one attached hydrogen (secondary N) is 1. The van der Waals surface area contributed by atoms with Crippen LogP contribution in [0.15, 0.2) is 78.9 Å². The topological polar surface area (TPSA) is 69.7 Å². The van der Waals surface area contributed by atoms with Crippen LogP contribution in [-0.4, -0.2) is 40.7 Å². The molecule has 8 heteroatoms. The van der Waals surface area contributed by atoms with Crippen molar-refractivity contribution in [3.63, 3.8) is 0 Å². The summed E-state index contributed by atoms with van der Waals surface area (Å²) in [5, 5.41) is 3.52. The Morgan fingerprint density at radius 3 is 2.34 bits per heavy atom. The van der Waals surface area contributed by atoms with E-state index in [-0.39, 0.29) is 36.9 Å². The summed E-state index contributed by atoms with van der Waals surface area (Å²) in [5.74, 6) is -2.02. The lowest BCUT2D eigenvalue weighted by atomic mass is 9.76. The first-order chi connectivity index (χ1) is 18.5. The molecule has 4 atom stereocenters. The van der Waals surface area contributed by atoms with Crippen molar-refractivity contribution in [1.29, 1.82) is 0 Å². The molecule has 3 aliphatic rings. The number of benzene rings is 3. The number of para-hydroxylation sites is 1. The Hall–Kier alpha value is -3.49. The van der Waals surface area contributed by atoms with Crippen molar-refractivity contribution in [2.75, 3.05) is 16.9 Å². The minimum Gasteiger partial charge on any atom is -0.306 e. The standard InChI is InChI=1S/C30H28FN3O3S/c1-38-16-15-23-25-26(28(36)34(27(25)35)17-19-9-3-2-4-10-19)30(32-23)21-12-6-8-14-24(21)33(29(30)37)18-20-11-5-7-13-22(20)31/h2-14,23,25-26,32H,15-18H2,1H3/t23-,25+,26-,30-/m0/s1. The molecule has 0 aromatic heterocycles. The summed E-state index contributed by atoms with van der Waals surface area (Å²) < 4.78 is 14.6. The van der Waals surface area contributed by atoms with Gasteiger partial charge in [0.2, 0.25) is 11.8 Å². The largest absolute Gasteiger partial charge is 0.306 e. The van der Waals surface area contributed by atoms with Gasteiger partial charge in [0.1, 0.15) is 11.4 Å². The molecule has 6 rings (SSSR count). The second-order valence-electron chi connectivity index (χ2n) is 10.1. The SMILES string of the molecule is CSCC[C@@H]1N[C@]2(C(=O)N(Cc3ccccc3F)c3ccccc32)[C@@H]2C(=O)N(Cc3ccccc3)C(=O)[C@H]12. The first-order valence-corrected chi connectivity index (χ1v) is 14.2. The third-order valence-electron chi connectivity index (χ3n) is 8.06. The predicted octanol–water partition coefficient (Wildman–Crippen LogP) is 4.09. The van der Waals surface area contributed by atoms with Gasteiger partial charge in [0.05, 0.1) is 24.9 Å². The second-order valence-corrected chi connectivity index (χ2v) is 11.1. The molecule has 0 bridgehead atoms. The van der Waals surface area contributed by atoms with Gasteiger partial charge in [0.15, 0.2) is 0 Å². The number of halogens is 1. The van der Waals surface area contributed by atoms with Crippen molar-refractivity contribution in [2.45, 2.75) is 31.1 Å². The van der Waals surface area contributed by atoms with Gasteiger partial charge in [-0.15, -0.1) is 0 Å². The third-order valence-corrected chi connectivity index (χ3v) is 8.70. The van der Waals surface area contributed by atoms with Gasteiger partial charge in [0.25, 0.3) is 5.91 Å². The molecule has 2 saturated heterocycles. The lowest BCUT2D eigenvalue weighted by Crippen LogP contribution is -2.55. The van der Waals surface area contributed by atoms with E-state index in [0.29, 0.717) is 23.2 Å². The number of amides is 3. The van der Waals surface area contributed by atoms with Gasteiger partial charge in [-0.2, -0.15) is 11.8 Å². The van der Waals surface area contributed by atoms with Crippen LogP contribution in [0.25, 0.3) is 0 Å². The van der Waals surface area contributed by atoms with Crippen molar-refractivity contribution in [1.82, 2.24) is 10.2 Å². The third kappa shape index (κ3) is 3.69. The van der Waals surface area contributed by atoms with E-state index >= 15 is 0 Å². The van der Waals surface area contributed by atoms with Crippen molar-refractivity contribution in [3.8, 4) is 0 Å². The molecule has 6 nitrogen and oxygen atoms in total. The highest BCUT2D eigenvalue weighted by atomic mass is 32.2. The molecule has 3 aliphatic heterocycles. The van der Waals surface area contributed by atoms with Gasteiger partial charge in [-0.25, -0.2) is 4.39 Å². The van der Waals surface area contributed by atoms with Gasteiger partial charge in [-0.3, -0.25) is 24.6 Å². The fraction of sp³-hybridized carbons (Fsp3) is 0.300. The number of anilines is 1. The Bertz CT molecular complexity index is 1420. The number of hydrogen-bond acceptors (Lipinski definition) is 5. The van der Waals surface area contributed by atoms with Gasteiger partial charge in [-0.1, -0.05) is 66.7 Å². The molecular weight excluding hydrogens is 501 g/mol. The fourth-order valence-corrected chi connectivity index (χ4v) is 6.87. The van der Waals surface area contributed by atoms with Crippen LogP contribution in [0.5, 0.6) is 0 Å². The Labute approximate surface area is 225 Å². The molecule has 1 N–H and O–H groups in total. The van der Waals surface area contributed by atoms with Gasteiger partial charge < -0.3 is 4.90 Å². The predicted molar refractivity (Wildman–Crippen MR) is 145 cm³/mol. The van der Waals surface area contributed by atoms with Gasteiger partial charge in [0, 0.05) is 22.9 Å². The van der Waals surface area contributed by atoms with E-state index < -0.39 is 23.2 Å². The molecular formula is C30H28FN3O3S. The van der Waals surface area contributed by atoms with Crippen LogP contribution in [0.3, 0.4) is 0 Å². The Morgan fingerprint density at radius 2 is 1.58 bits per heavy atom. The zero-order valence-electron chi connectivity index (χ0n) is 21.0. The van der Waals surface area contributed by atoms with Crippen molar-refractivity contribution >= 4 is 35.2 Å². The van der Waals surface area contributed by atoms with E-state index in [1.54, 1.807) is 34.9 Å². The minimum atomic E-state index is -1.38. The zero-order chi connectivity index (χ0) is 26.4. The first kappa shape index (κ1) is 24.8. The first-order valence-electron chi connectivity index (χ1n) is 12.8. The summed E-state index contributed by atoms with van der Waals surface area (Å²) in [6.45, 7) is 0.209. The number of rotatable bonds is 7. The Morgan fingerprint density at radius 1 is 0.868 bits per heavy atom. The number of imide groups is 1. The molecule has 0 radical (unpaired) electrons. The smallest absolute Gasteiger partial charge is 0.253 e. The van der Waals surface area contributed by atoms with Crippen molar-refractivity contribution in [2.24, 2.45) is 11.8 Å². The Kier molecular flexibility index (Phi) is 6.32. The lowest BCUT2D eigenvalue weighted by Gasteiger charge is -2.30. The molecule has 0 unspecified atom stereocenters. The number of fused-ring (bicyclic) bond motifs is 4. The number of likely N-dealkylation sites (tertiary alicyclic amines) is 1. The number of hydrogen-bond donors (Lipinski definition) is 1. The zero-order valence-corrected chi connectivity index (χ0v) is 21.8. The van der Waals surface area contributed by atoms with Gasteiger partial charge in [-0.05, 0) is 36.1 Å². The van der Waals surface area contributed by atoms with Crippen LogP contribution in [0.2, 0.25) is 0 Å². The van der Waals surface area contributed by atoms with Crippen LogP contribution in [0, 0.1) is 17.7 Å². The molecule has 0 saturated carbocycles. The maximum absolute atomic E-state index is 14.6. The van der Waals surface area contributed by atoms with E-state index in [2.05, 4.69) is 5.32 Å².